The zero-order chi connectivity index (χ0) is 13.7. The summed E-state index contributed by atoms with van der Waals surface area (Å²) < 4.78 is 5.62. The molecule has 1 heterocycles. The lowest BCUT2D eigenvalue weighted by Crippen LogP contribution is -2.12. The number of thiazole rings is 1. The Morgan fingerprint density at radius 2 is 1.95 bits per heavy atom. The molecular weight excluding hydrogens is 256 g/mol. The largest absolute Gasteiger partial charge is 0.491 e. The molecule has 0 bridgehead atoms. The average Bonchev–Trinajstić information content (AvgIpc) is 2.77. The van der Waals surface area contributed by atoms with Crippen LogP contribution in [0.25, 0.3) is 0 Å². The van der Waals surface area contributed by atoms with Gasteiger partial charge in [0.25, 0.3) is 0 Å². The van der Waals surface area contributed by atoms with Gasteiger partial charge in [-0.25, -0.2) is 4.98 Å². The second kappa shape index (κ2) is 6.68. The van der Waals surface area contributed by atoms with Crippen LogP contribution in [-0.4, -0.2) is 11.1 Å². The van der Waals surface area contributed by atoms with Crippen LogP contribution in [0, 0.1) is 6.92 Å². The molecule has 0 aliphatic carbocycles. The van der Waals surface area contributed by atoms with E-state index in [0.29, 0.717) is 0 Å². The average molecular weight is 276 g/mol. The van der Waals surface area contributed by atoms with Crippen LogP contribution in [0.3, 0.4) is 0 Å². The maximum absolute atomic E-state index is 5.62. The molecule has 1 aromatic carbocycles. The van der Waals surface area contributed by atoms with Crippen molar-refractivity contribution in [3.63, 3.8) is 0 Å². The van der Waals surface area contributed by atoms with Gasteiger partial charge < -0.3 is 10.1 Å². The number of hydrogen-bond acceptors (Lipinski definition) is 4. The highest BCUT2D eigenvalue weighted by atomic mass is 32.1. The van der Waals surface area contributed by atoms with Crippen molar-refractivity contribution in [1.29, 1.82) is 0 Å². The normalized spacial score (nSPS) is 10.9. The molecule has 19 heavy (non-hydrogen) atoms. The van der Waals surface area contributed by atoms with E-state index in [1.165, 1.54) is 10.4 Å². The Kier molecular flexibility index (Phi) is 4.93. The third-order valence-corrected chi connectivity index (χ3v) is 3.69. The highest BCUT2D eigenvalue weighted by Gasteiger charge is 2.01. The molecule has 0 saturated heterocycles. The lowest BCUT2D eigenvalue weighted by molar-refractivity contribution is 0.242. The predicted molar refractivity (Wildman–Crippen MR) is 79.6 cm³/mol. The van der Waals surface area contributed by atoms with E-state index in [1.807, 2.05) is 38.4 Å². The minimum atomic E-state index is 0.221. The monoisotopic (exact) mass is 276 g/mol. The number of aryl methyl sites for hydroxylation is 1. The first-order chi connectivity index (χ1) is 9.15. The topological polar surface area (TPSA) is 34.2 Å². The molecule has 102 valence electrons. The van der Waals surface area contributed by atoms with Gasteiger partial charge in [-0.2, -0.15) is 0 Å². The van der Waals surface area contributed by atoms with Crippen molar-refractivity contribution >= 4 is 11.3 Å². The molecule has 0 fully saturated rings. The SMILES string of the molecule is Cc1ncsc1CNCc1ccc(OC(C)C)cc1. The molecule has 1 N–H and O–H groups in total. The van der Waals surface area contributed by atoms with Crippen LogP contribution in [0.4, 0.5) is 0 Å². The number of benzene rings is 1. The van der Waals surface area contributed by atoms with Crippen molar-refractivity contribution in [3.8, 4) is 5.75 Å². The molecule has 0 saturated carbocycles. The van der Waals surface area contributed by atoms with E-state index >= 15 is 0 Å². The Morgan fingerprint density at radius 3 is 2.53 bits per heavy atom. The Morgan fingerprint density at radius 1 is 1.21 bits per heavy atom. The highest BCUT2D eigenvalue weighted by molar-refractivity contribution is 7.09. The van der Waals surface area contributed by atoms with Crippen molar-refractivity contribution in [2.45, 2.75) is 40.0 Å². The van der Waals surface area contributed by atoms with Crippen LogP contribution in [0.1, 0.15) is 30.0 Å². The van der Waals surface area contributed by atoms with Crippen LogP contribution < -0.4 is 10.1 Å². The first-order valence-electron chi connectivity index (χ1n) is 6.50. The van der Waals surface area contributed by atoms with E-state index < -0.39 is 0 Å². The summed E-state index contributed by atoms with van der Waals surface area (Å²) in [6.07, 6.45) is 0.221. The summed E-state index contributed by atoms with van der Waals surface area (Å²) in [7, 11) is 0. The number of hydrogen-bond donors (Lipinski definition) is 1. The molecule has 0 spiro atoms. The van der Waals surface area contributed by atoms with Crippen LogP contribution in [0.2, 0.25) is 0 Å². The lowest BCUT2D eigenvalue weighted by atomic mass is 10.2. The summed E-state index contributed by atoms with van der Waals surface area (Å²) >= 11 is 1.70. The summed E-state index contributed by atoms with van der Waals surface area (Å²) in [4.78, 5) is 5.55. The van der Waals surface area contributed by atoms with Crippen LogP contribution in [-0.2, 0) is 13.1 Å². The van der Waals surface area contributed by atoms with Crippen LogP contribution >= 0.6 is 11.3 Å². The molecule has 0 amide bonds. The summed E-state index contributed by atoms with van der Waals surface area (Å²) in [6, 6.07) is 8.25. The van der Waals surface area contributed by atoms with Gasteiger partial charge in [-0.15, -0.1) is 11.3 Å². The van der Waals surface area contributed by atoms with E-state index in [-0.39, 0.29) is 6.10 Å². The number of ether oxygens (including phenoxy) is 1. The van der Waals surface area contributed by atoms with Gasteiger partial charge in [-0.1, -0.05) is 12.1 Å². The minimum absolute atomic E-state index is 0.221. The highest BCUT2D eigenvalue weighted by Crippen LogP contribution is 2.15. The van der Waals surface area contributed by atoms with Gasteiger partial charge in [0.2, 0.25) is 0 Å². The van der Waals surface area contributed by atoms with E-state index in [2.05, 4.69) is 22.4 Å². The molecular formula is C15H20N2OS. The molecule has 2 rings (SSSR count). The second-order valence-electron chi connectivity index (χ2n) is 4.78. The maximum atomic E-state index is 5.62. The van der Waals surface area contributed by atoms with Gasteiger partial charge >= 0.3 is 0 Å². The van der Waals surface area contributed by atoms with E-state index in [1.54, 1.807) is 11.3 Å². The first-order valence-corrected chi connectivity index (χ1v) is 7.38. The minimum Gasteiger partial charge on any atom is -0.491 e. The Balaban J connectivity index is 1.81. The molecule has 1 aromatic heterocycles. The van der Waals surface area contributed by atoms with Crippen LogP contribution in [0.15, 0.2) is 29.8 Å². The van der Waals surface area contributed by atoms with E-state index in [9.17, 15) is 0 Å². The fourth-order valence-corrected chi connectivity index (χ4v) is 2.52. The summed E-state index contributed by atoms with van der Waals surface area (Å²) in [5, 5.41) is 3.43. The van der Waals surface area contributed by atoms with Gasteiger partial charge in [0.05, 0.1) is 17.3 Å². The standard InChI is InChI=1S/C15H20N2OS/c1-11(2)18-14-6-4-13(5-7-14)8-16-9-15-12(3)17-10-19-15/h4-7,10-11,16H,8-9H2,1-3H3. The summed E-state index contributed by atoms with van der Waals surface area (Å²) in [5.74, 6) is 0.928. The summed E-state index contributed by atoms with van der Waals surface area (Å²) in [5.41, 5.74) is 4.28. The quantitative estimate of drug-likeness (QED) is 0.876. The van der Waals surface area contributed by atoms with Crippen molar-refractivity contribution in [2.24, 2.45) is 0 Å². The van der Waals surface area contributed by atoms with Crippen molar-refractivity contribution in [1.82, 2.24) is 10.3 Å². The fourth-order valence-electron chi connectivity index (χ4n) is 1.77. The Hall–Kier alpha value is -1.39. The smallest absolute Gasteiger partial charge is 0.119 e. The van der Waals surface area contributed by atoms with Crippen LogP contribution in [0.5, 0.6) is 5.75 Å². The maximum Gasteiger partial charge on any atom is 0.119 e. The van der Waals surface area contributed by atoms with E-state index in [4.69, 9.17) is 4.74 Å². The third kappa shape index (κ3) is 4.33. The van der Waals surface area contributed by atoms with Crippen molar-refractivity contribution in [3.05, 3.63) is 45.9 Å². The number of aromatic nitrogens is 1. The number of nitrogens with one attached hydrogen (secondary N) is 1. The molecule has 3 nitrogen and oxygen atoms in total. The number of nitrogens with zero attached hydrogens (tertiary/aromatic N) is 1. The van der Waals surface area contributed by atoms with Gasteiger partial charge in [-0.3, -0.25) is 0 Å². The molecule has 0 atom stereocenters. The third-order valence-electron chi connectivity index (χ3n) is 2.75. The van der Waals surface area contributed by atoms with Crippen molar-refractivity contribution in [2.75, 3.05) is 0 Å². The van der Waals surface area contributed by atoms with E-state index in [0.717, 1.165) is 24.5 Å². The Bertz CT molecular complexity index is 505. The van der Waals surface area contributed by atoms with Gasteiger partial charge in [0.1, 0.15) is 5.75 Å². The molecule has 2 aromatic rings. The first kappa shape index (κ1) is 14.0. The van der Waals surface area contributed by atoms with Gasteiger partial charge in [0.15, 0.2) is 0 Å². The predicted octanol–water partition coefficient (Wildman–Crippen LogP) is 3.53. The zero-order valence-electron chi connectivity index (χ0n) is 11.6. The lowest BCUT2D eigenvalue weighted by Gasteiger charge is -2.10. The van der Waals surface area contributed by atoms with Crippen molar-refractivity contribution < 1.29 is 4.74 Å². The zero-order valence-corrected chi connectivity index (χ0v) is 12.5. The van der Waals surface area contributed by atoms with Gasteiger partial charge in [-0.05, 0) is 38.5 Å². The molecule has 0 radical (unpaired) electrons. The molecule has 0 unspecified atom stereocenters. The molecule has 0 aliphatic heterocycles. The number of rotatable bonds is 6. The Labute approximate surface area is 118 Å². The fraction of sp³-hybridized carbons (Fsp3) is 0.400. The molecule has 4 heteroatoms. The molecule has 0 aliphatic rings. The summed E-state index contributed by atoms with van der Waals surface area (Å²) in [6.45, 7) is 7.85. The van der Waals surface area contributed by atoms with Gasteiger partial charge in [0, 0.05) is 18.0 Å². The second-order valence-corrected chi connectivity index (χ2v) is 5.71.